The van der Waals surface area contributed by atoms with Gasteiger partial charge in [-0.15, -0.1) is 0 Å². The second-order valence-corrected chi connectivity index (χ2v) is 16.1. The smallest absolute Gasteiger partial charge is 0.229 e. The number of ether oxygens (including phenoxy) is 1. The van der Waals surface area contributed by atoms with Gasteiger partial charge in [-0.25, -0.2) is 4.98 Å². The first-order valence-corrected chi connectivity index (χ1v) is 18.1. The van der Waals surface area contributed by atoms with E-state index >= 15 is 0 Å². The van der Waals surface area contributed by atoms with E-state index in [1.165, 1.54) is 11.3 Å². The molecule has 0 atom stereocenters. The molecule has 2 aliphatic heterocycles. The maximum Gasteiger partial charge on any atom is 0.229 e. The number of aromatic nitrogens is 2. The van der Waals surface area contributed by atoms with Gasteiger partial charge in [-0.05, 0) is 70.2 Å². The molecule has 5 rings (SSSR count). The maximum absolute atomic E-state index is 12.9. The Bertz CT molecular complexity index is 1490. The van der Waals surface area contributed by atoms with E-state index < -0.39 is 7.14 Å². The molecule has 0 amide bonds. The van der Waals surface area contributed by atoms with Crippen LogP contribution in [0.5, 0.6) is 5.75 Å². The average molecular weight is 626 g/mol. The summed E-state index contributed by atoms with van der Waals surface area (Å²) in [6, 6.07) is 12.4. The zero-order valence-corrected chi connectivity index (χ0v) is 27.9. The van der Waals surface area contributed by atoms with Crippen LogP contribution < -0.4 is 30.9 Å². The van der Waals surface area contributed by atoms with E-state index in [0.29, 0.717) is 28.5 Å². The number of rotatable bonds is 9. The summed E-state index contributed by atoms with van der Waals surface area (Å²) in [5, 5.41) is 11.4. The summed E-state index contributed by atoms with van der Waals surface area (Å²) >= 11 is 6.48. The average Bonchev–Trinajstić information content (AvgIpc) is 2.98. The molecule has 11 heteroatoms. The van der Waals surface area contributed by atoms with Crippen LogP contribution in [-0.4, -0.2) is 79.6 Å². The van der Waals surface area contributed by atoms with Gasteiger partial charge in [-0.3, -0.25) is 4.90 Å². The fourth-order valence-corrected chi connectivity index (χ4v) is 7.53. The van der Waals surface area contributed by atoms with Crippen molar-refractivity contribution >= 4 is 52.9 Å². The molecule has 3 N–H and O–H groups in total. The van der Waals surface area contributed by atoms with Crippen LogP contribution in [-0.2, 0) is 11.0 Å². The molecular weight excluding hydrogens is 581 g/mol. The van der Waals surface area contributed by atoms with Gasteiger partial charge >= 0.3 is 0 Å². The number of anilines is 5. The number of hydrogen-bond donors (Lipinski definition) is 3. The molecule has 9 nitrogen and oxygen atoms in total. The molecule has 0 spiro atoms. The molecular formula is C32H45ClN7O2P. The van der Waals surface area contributed by atoms with Crippen LogP contribution in [0, 0.1) is 0 Å². The minimum atomic E-state index is -2.52. The highest BCUT2D eigenvalue weighted by atomic mass is 35.5. The number of hydrogen-bond acceptors (Lipinski definition) is 9. The molecule has 0 aliphatic carbocycles. The highest BCUT2D eigenvalue weighted by Crippen LogP contribution is 2.40. The monoisotopic (exact) mass is 625 g/mol. The Morgan fingerprint density at radius 3 is 2.53 bits per heavy atom. The summed E-state index contributed by atoms with van der Waals surface area (Å²) in [5.41, 5.74) is 4.14. The lowest BCUT2D eigenvalue weighted by atomic mass is 9.96. The van der Waals surface area contributed by atoms with Crippen molar-refractivity contribution in [3.8, 4) is 5.75 Å². The quantitative estimate of drug-likeness (QED) is 0.244. The Morgan fingerprint density at radius 2 is 1.86 bits per heavy atom. The Morgan fingerprint density at radius 1 is 1.12 bits per heavy atom. The van der Waals surface area contributed by atoms with E-state index in [-0.39, 0.29) is 5.54 Å². The summed E-state index contributed by atoms with van der Waals surface area (Å²) in [6.07, 6.45) is 4.76. The molecule has 2 fully saturated rings. The minimum Gasteiger partial charge on any atom is -0.494 e. The Balaban J connectivity index is 1.33. The highest BCUT2D eigenvalue weighted by Gasteiger charge is 2.32. The van der Waals surface area contributed by atoms with E-state index in [1.807, 2.05) is 24.3 Å². The second kappa shape index (κ2) is 13.0. The van der Waals surface area contributed by atoms with E-state index in [1.54, 1.807) is 26.6 Å². The predicted octanol–water partition coefficient (Wildman–Crippen LogP) is 6.09. The number of halogens is 1. The molecule has 2 aliphatic rings. The van der Waals surface area contributed by atoms with E-state index in [2.05, 4.69) is 68.6 Å². The number of piperidine rings is 1. The van der Waals surface area contributed by atoms with Gasteiger partial charge in [0, 0.05) is 61.4 Å². The molecule has 0 unspecified atom stereocenters. The molecule has 43 heavy (non-hydrogen) atoms. The number of piperazine rings is 1. The SMILES string of the molecule is CCc1cc(Nc2ncc(Cl)c(Nc3ccccc3P(C)(C)=O)n2)c(OC)cc1N1CCC(N2CCNC(C)(C)C2)CC1. The summed E-state index contributed by atoms with van der Waals surface area (Å²) in [6.45, 7) is 15.6. The number of nitrogens with one attached hydrogen (secondary N) is 3. The van der Waals surface area contributed by atoms with Gasteiger partial charge in [-0.2, -0.15) is 4.98 Å². The van der Waals surface area contributed by atoms with Crippen molar-refractivity contribution in [2.24, 2.45) is 0 Å². The van der Waals surface area contributed by atoms with E-state index in [9.17, 15) is 4.57 Å². The molecule has 1 aromatic heterocycles. The molecule has 0 saturated carbocycles. The van der Waals surface area contributed by atoms with Gasteiger partial charge in [-0.1, -0.05) is 30.7 Å². The van der Waals surface area contributed by atoms with Gasteiger partial charge in [0.15, 0.2) is 5.82 Å². The first-order chi connectivity index (χ1) is 20.5. The van der Waals surface area contributed by atoms with E-state index in [0.717, 1.165) is 68.7 Å². The topological polar surface area (TPSA) is 94.6 Å². The maximum atomic E-state index is 12.9. The molecule has 232 valence electrons. The van der Waals surface area contributed by atoms with Crippen LogP contribution in [0.1, 0.15) is 39.2 Å². The molecule has 2 saturated heterocycles. The van der Waals surface area contributed by atoms with Gasteiger partial charge in [0.25, 0.3) is 0 Å². The van der Waals surface area contributed by atoms with Crippen molar-refractivity contribution in [1.82, 2.24) is 20.2 Å². The summed E-state index contributed by atoms with van der Waals surface area (Å²) < 4.78 is 18.7. The van der Waals surface area contributed by atoms with Crippen molar-refractivity contribution in [2.75, 3.05) is 68.7 Å². The lowest BCUT2D eigenvalue weighted by Gasteiger charge is -2.46. The standard InChI is InChI=1S/C32H45ClN7O2P/c1-7-22-18-26(37-31-34-20-24(33)30(38-31)36-25-10-8-9-11-29(25)43(5,6)41)28(42-4)19-27(22)39-15-12-23(13-16-39)40-17-14-35-32(2,3)21-40/h8-11,18-20,23,35H,7,12-17,21H2,1-6H3,(H2,34,36,37,38). The molecule has 0 bridgehead atoms. The van der Waals surface area contributed by atoms with Crippen molar-refractivity contribution in [2.45, 2.75) is 51.6 Å². The third kappa shape index (κ3) is 7.46. The lowest BCUT2D eigenvalue weighted by Crippen LogP contribution is -2.60. The molecule has 3 aromatic rings. The van der Waals surface area contributed by atoms with Crippen LogP contribution >= 0.6 is 18.7 Å². The van der Waals surface area contributed by atoms with Gasteiger partial charge in [0.05, 0.1) is 24.7 Å². The number of para-hydroxylation sites is 1. The second-order valence-electron chi connectivity index (χ2n) is 12.5. The van der Waals surface area contributed by atoms with Crippen LogP contribution in [0.25, 0.3) is 0 Å². The van der Waals surface area contributed by atoms with Crippen molar-refractivity contribution in [3.05, 3.63) is 53.2 Å². The number of methoxy groups -OCH3 is 1. The lowest BCUT2D eigenvalue weighted by molar-refractivity contribution is 0.0950. The van der Waals surface area contributed by atoms with Gasteiger partial charge in [0.1, 0.15) is 17.9 Å². The third-order valence-electron chi connectivity index (χ3n) is 8.43. The van der Waals surface area contributed by atoms with Crippen LogP contribution in [0.2, 0.25) is 5.02 Å². The zero-order valence-electron chi connectivity index (χ0n) is 26.2. The van der Waals surface area contributed by atoms with Crippen molar-refractivity contribution < 1.29 is 9.30 Å². The van der Waals surface area contributed by atoms with Crippen LogP contribution in [0.3, 0.4) is 0 Å². The Kier molecular flexibility index (Phi) is 9.57. The largest absolute Gasteiger partial charge is 0.494 e. The fraction of sp³-hybridized carbons (Fsp3) is 0.500. The van der Waals surface area contributed by atoms with Crippen molar-refractivity contribution in [1.29, 1.82) is 0 Å². The normalized spacial score (nSPS) is 18.0. The van der Waals surface area contributed by atoms with Crippen molar-refractivity contribution in [3.63, 3.8) is 0 Å². The number of aryl methyl sites for hydroxylation is 1. The summed E-state index contributed by atoms with van der Waals surface area (Å²) in [5.74, 6) is 1.55. The van der Waals surface area contributed by atoms with Gasteiger partial charge in [0.2, 0.25) is 5.95 Å². The molecule has 3 heterocycles. The third-order valence-corrected chi connectivity index (χ3v) is 10.3. The number of benzene rings is 2. The van der Waals surface area contributed by atoms with E-state index in [4.69, 9.17) is 16.3 Å². The highest BCUT2D eigenvalue weighted by molar-refractivity contribution is 7.70. The predicted molar refractivity (Wildman–Crippen MR) is 180 cm³/mol. The Labute approximate surface area is 261 Å². The first-order valence-electron chi connectivity index (χ1n) is 15.1. The van der Waals surface area contributed by atoms with Crippen LogP contribution in [0.4, 0.5) is 28.8 Å². The minimum absolute atomic E-state index is 0.172. The fourth-order valence-electron chi connectivity index (χ4n) is 6.23. The summed E-state index contributed by atoms with van der Waals surface area (Å²) in [4.78, 5) is 14.3. The number of nitrogens with zero attached hydrogens (tertiary/aromatic N) is 4. The zero-order chi connectivity index (χ0) is 30.8. The molecule has 0 radical (unpaired) electrons. The first kappa shape index (κ1) is 31.6. The van der Waals surface area contributed by atoms with Crippen LogP contribution in [0.15, 0.2) is 42.6 Å². The van der Waals surface area contributed by atoms with Gasteiger partial charge < -0.3 is 30.2 Å². The Hall–Kier alpha value is -2.84. The molecule has 2 aromatic carbocycles. The summed E-state index contributed by atoms with van der Waals surface area (Å²) in [7, 11) is -0.828.